The lowest BCUT2D eigenvalue weighted by atomic mass is 9.89. The highest BCUT2D eigenvalue weighted by molar-refractivity contribution is 9.10. The van der Waals surface area contributed by atoms with Crippen LogP contribution in [0.4, 0.5) is 0 Å². The number of hydrogen-bond donors (Lipinski definition) is 1. The topological polar surface area (TPSA) is 41.6 Å². The van der Waals surface area contributed by atoms with Gasteiger partial charge in [0, 0.05) is 16.6 Å². The number of rotatable bonds is 5. The van der Waals surface area contributed by atoms with Crippen LogP contribution < -0.4 is 10.1 Å². The highest BCUT2D eigenvalue weighted by Crippen LogP contribution is 2.27. The van der Waals surface area contributed by atoms with E-state index in [0.29, 0.717) is 16.8 Å². The van der Waals surface area contributed by atoms with Gasteiger partial charge in [-0.2, -0.15) is 0 Å². The van der Waals surface area contributed by atoms with E-state index in [0.717, 1.165) is 23.7 Å². The van der Waals surface area contributed by atoms with Gasteiger partial charge in [-0.05, 0) is 45.1 Å². The fraction of sp³-hybridized carbons (Fsp3) is 0.562. The molecular weight excluding hydrogens is 368 g/mol. The van der Waals surface area contributed by atoms with E-state index in [1.165, 1.54) is 6.42 Å². The Morgan fingerprint density at radius 3 is 2.82 bits per heavy atom. The van der Waals surface area contributed by atoms with Crippen molar-refractivity contribution in [2.75, 3.05) is 20.7 Å². The molecule has 1 N–H and O–H groups in total. The van der Waals surface area contributed by atoms with E-state index in [1.54, 1.807) is 12.1 Å². The van der Waals surface area contributed by atoms with E-state index in [1.807, 2.05) is 6.07 Å². The maximum absolute atomic E-state index is 12.1. The van der Waals surface area contributed by atoms with Gasteiger partial charge < -0.3 is 15.0 Å². The summed E-state index contributed by atoms with van der Waals surface area (Å²) in [5.41, 5.74) is 0. The minimum Gasteiger partial charge on any atom is -0.482 e. The molecule has 0 unspecified atom stereocenters. The molecule has 0 heterocycles. The average molecular weight is 390 g/mol. The number of nitrogens with one attached hydrogen (secondary N) is 1. The Morgan fingerprint density at radius 1 is 1.41 bits per heavy atom. The maximum Gasteiger partial charge on any atom is 0.258 e. The van der Waals surface area contributed by atoms with Gasteiger partial charge in [0.2, 0.25) is 0 Å². The van der Waals surface area contributed by atoms with Gasteiger partial charge in [-0.1, -0.05) is 40.4 Å². The first-order chi connectivity index (χ1) is 10.5. The summed E-state index contributed by atoms with van der Waals surface area (Å²) in [6.45, 7) is -0.0159. The third kappa shape index (κ3) is 4.86. The molecule has 0 aliphatic heterocycles. The van der Waals surface area contributed by atoms with Crippen LogP contribution in [0.5, 0.6) is 5.75 Å². The molecule has 1 saturated carbocycles. The van der Waals surface area contributed by atoms with Crippen LogP contribution in [-0.4, -0.2) is 43.6 Å². The second-order valence-electron chi connectivity index (χ2n) is 5.85. The van der Waals surface area contributed by atoms with Crippen LogP contribution in [0.1, 0.15) is 25.7 Å². The zero-order valence-corrected chi connectivity index (χ0v) is 15.3. The minimum absolute atomic E-state index is 0.0159. The lowest BCUT2D eigenvalue weighted by Crippen LogP contribution is -2.52. The average Bonchev–Trinajstić information content (AvgIpc) is 2.46. The minimum atomic E-state index is -0.0993. The molecule has 6 heteroatoms. The normalized spacial score (nSPS) is 21.7. The van der Waals surface area contributed by atoms with Crippen molar-refractivity contribution in [3.63, 3.8) is 0 Å². The molecule has 2 atom stereocenters. The molecule has 1 aliphatic carbocycles. The number of amides is 1. The van der Waals surface area contributed by atoms with E-state index in [9.17, 15) is 4.79 Å². The Bertz CT molecular complexity index is 525. The van der Waals surface area contributed by atoms with E-state index in [4.69, 9.17) is 16.3 Å². The summed E-state index contributed by atoms with van der Waals surface area (Å²) in [6, 6.07) is 5.93. The Balaban J connectivity index is 1.86. The van der Waals surface area contributed by atoms with Gasteiger partial charge in [0.05, 0.1) is 5.02 Å². The summed E-state index contributed by atoms with van der Waals surface area (Å²) in [7, 11) is 4.13. The van der Waals surface area contributed by atoms with Crippen LogP contribution in [0.25, 0.3) is 0 Å². The van der Waals surface area contributed by atoms with Crippen LogP contribution in [0.3, 0.4) is 0 Å². The molecule has 0 bridgehead atoms. The number of benzene rings is 1. The van der Waals surface area contributed by atoms with E-state index < -0.39 is 0 Å². The van der Waals surface area contributed by atoms with Crippen molar-refractivity contribution in [2.45, 2.75) is 37.8 Å². The molecule has 1 aliphatic rings. The van der Waals surface area contributed by atoms with Crippen molar-refractivity contribution in [2.24, 2.45) is 0 Å². The SMILES string of the molecule is CN(C)[C@H]1CCCC[C@@H]1NC(=O)COc1ccc(Br)cc1Cl. The fourth-order valence-corrected chi connectivity index (χ4v) is 3.61. The van der Waals surface area contributed by atoms with Crippen LogP contribution in [-0.2, 0) is 4.79 Å². The van der Waals surface area contributed by atoms with Crippen LogP contribution in [0.2, 0.25) is 5.02 Å². The molecule has 0 aromatic heterocycles. The number of halogens is 2. The van der Waals surface area contributed by atoms with Crippen molar-refractivity contribution in [3.8, 4) is 5.75 Å². The molecule has 1 amide bonds. The van der Waals surface area contributed by atoms with Gasteiger partial charge in [-0.3, -0.25) is 4.79 Å². The fourth-order valence-electron chi connectivity index (χ4n) is 2.88. The summed E-state index contributed by atoms with van der Waals surface area (Å²) < 4.78 is 6.39. The number of nitrogens with zero attached hydrogens (tertiary/aromatic N) is 1. The molecule has 1 fully saturated rings. The van der Waals surface area contributed by atoms with Crippen molar-refractivity contribution in [3.05, 3.63) is 27.7 Å². The molecule has 2 rings (SSSR count). The quantitative estimate of drug-likeness (QED) is 0.838. The van der Waals surface area contributed by atoms with Crippen molar-refractivity contribution in [1.82, 2.24) is 10.2 Å². The van der Waals surface area contributed by atoms with E-state index in [-0.39, 0.29) is 18.6 Å². The second-order valence-corrected chi connectivity index (χ2v) is 7.18. The van der Waals surface area contributed by atoms with Gasteiger partial charge in [-0.15, -0.1) is 0 Å². The maximum atomic E-state index is 12.1. The molecule has 1 aromatic rings. The Morgan fingerprint density at radius 2 is 2.14 bits per heavy atom. The third-order valence-corrected chi connectivity index (χ3v) is 4.78. The molecule has 22 heavy (non-hydrogen) atoms. The number of carbonyl (C=O) groups is 1. The summed E-state index contributed by atoms with van der Waals surface area (Å²) >= 11 is 9.41. The monoisotopic (exact) mass is 388 g/mol. The first-order valence-electron chi connectivity index (χ1n) is 7.51. The van der Waals surface area contributed by atoms with Gasteiger partial charge in [0.15, 0.2) is 6.61 Å². The second kappa shape index (κ2) is 8.18. The Kier molecular flexibility index (Phi) is 6.53. The Labute approximate surface area is 145 Å². The molecule has 0 spiro atoms. The zero-order valence-electron chi connectivity index (χ0n) is 12.9. The summed E-state index contributed by atoms with van der Waals surface area (Å²) in [5.74, 6) is 0.422. The van der Waals surface area contributed by atoms with Gasteiger partial charge in [0.1, 0.15) is 5.75 Å². The standard InChI is InChI=1S/C16H22BrClN2O2/c1-20(2)14-6-4-3-5-13(14)19-16(21)10-22-15-8-7-11(17)9-12(15)18/h7-9,13-14H,3-6,10H2,1-2H3,(H,19,21)/t13-,14-/m0/s1. The van der Waals surface area contributed by atoms with Crippen molar-refractivity contribution >= 4 is 33.4 Å². The molecule has 1 aromatic carbocycles. The molecular formula is C16H22BrClN2O2. The van der Waals surface area contributed by atoms with Gasteiger partial charge in [-0.25, -0.2) is 0 Å². The highest BCUT2D eigenvalue weighted by Gasteiger charge is 2.27. The van der Waals surface area contributed by atoms with Crippen LogP contribution in [0, 0.1) is 0 Å². The zero-order chi connectivity index (χ0) is 16.1. The first-order valence-corrected chi connectivity index (χ1v) is 8.68. The lowest BCUT2D eigenvalue weighted by Gasteiger charge is -2.36. The van der Waals surface area contributed by atoms with Crippen molar-refractivity contribution < 1.29 is 9.53 Å². The largest absolute Gasteiger partial charge is 0.482 e. The number of ether oxygens (including phenoxy) is 1. The van der Waals surface area contributed by atoms with E-state index >= 15 is 0 Å². The number of carbonyl (C=O) groups excluding carboxylic acids is 1. The van der Waals surface area contributed by atoms with Crippen LogP contribution >= 0.6 is 27.5 Å². The summed E-state index contributed by atoms with van der Waals surface area (Å²) in [5, 5.41) is 3.59. The molecule has 0 saturated heterocycles. The third-order valence-electron chi connectivity index (χ3n) is 3.99. The van der Waals surface area contributed by atoms with Crippen molar-refractivity contribution in [1.29, 1.82) is 0 Å². The summed E-state index contributed by atoms with van der Waals surface area (Å²) in [6.07, 6.45) is 4.53. The Hall–Kier alpha value is -0.780. The lowest BCUT2D eigenvalue weighted by molar-refractivity contribution is -0.124. The highest BCUT2D eigenvalue weighted by atomic mass is 79.9. The van der Waals surface area contributed by atoms with E-state index in [2.05, 4.69) is 40.2 Å². The van der Waals surface area contributed by atoms with Gasteiger partial charge in [0.25, 0.3) is 5.91 Å². The smallest absolute Gasteiger partial charge is 0.258 e. The van der Waals surface area contributed by atoms with Gasteiger partial charge >= 0.3 is 0 Å². The predicted molar refractivity (Wildman–Crippen MR) is 92.5 cm³/mol. The van der Waals surface area contributed by atoms with Crippen LogP contribution in [0.15, 0.2) is 22.7 Å². The number of likely N-dealkylation sites (N-methyl/N-ethyl adjacent to an activating group) is 1. The molecule has 4 nitrogen and oxygen atoms in total. The summed E-state index contributed by atoms with van der Waals surface area (Å²) in [4.78, 5) is 14.3. The predicted octanol–water partition coefficient (Wildman–Crippen LogP) is 3.47. The first kappa shape index (κ1) is 17.6. The molecule has 0 radical (unpaired) electrons. The number of hydrogen-bond acceptors (Lipinski definition) is 3. The molecule has 122 valence electrons.